The van der Waals surface area contributed by atoms with Crippen LogP contribution in [0.3, 0.4) is 0 Å². The number of halogens is 1. The molecule has 0 aliphatic heterocycles. The fourth-order valence-electron chi connectivity index (χ4n) is 2.02. The normalized spacial score (nSPS) is 11.8. The van der Waals surface area contributed by atoms with Crippen LogP contribution in [0.25, 0.3) is 0 Å². The van der Waals surface area contributed by atoms with Crippen molar-refractivity contribution in [3.63, 3.8) is 0 Å². The second kappa shape index (κ2) is 7.32. The molecule has 0 radical (unpaired) electrons. The summed E-state index contributed by atoms with van der Waals surface area (Å²) in [6, 6.07) is 13.2. The maximum atomic E-state index is 12.2. The van der Waals surface area contributed by atoms with Crippen molar-refractivity contribution >= 4 is 23.2 Å². The van der Waals surface area contributed by atoms with Crippen molar-refractivity contribution in [3.8, 4) is 5.75 Å². The first kappa shape index (κ1) is 16.4. The van der Waals surface area contributed by atoms with E-state index in [1.54, 1.807) is 19.1 Å². The van der Waals surface area contributed by atoms with E-state index in [4.69, 9.17) is 16.3 Å². The van der Waals surface area contributed by atoms with Gasteiger partial charge in [-0.2, -0.15) is 0 Å². The lowest BCUT2D eigenvalue weighted by Crippen LogP contribution is -2.30. The summed E-state index contributed by atoms with van der Waals surface area (Å²) in [5, 5.41) is 3.43. The fraction of sp³-hybridized carbons (Fsp3) is 0.278. The first-order valence-corrected chi connectivity index (χ1v) is 7.70. The van der Waals surface area contributed by atoms with Crippen LogP contribution in [0.4, 0.5) is 5.69 Å². The van der Waals surface area contributed by atoms with Gasteiger partial charge in [0.15, 0.2) is 6.10 Å². The van der Waals surface area contributed by atoms with Crippen LogP contribution in [0.1, 0.15) is 25.0 Å². The number of ether oxygens (including phenoxy) is 1. The molecule has 4 heteroatoms. The average molecular weight is 318 g/mol. The van der Waals surface area contributed by atoms with Crippen LogP contribution >= 0.6 is 11.6 Å². The highest BCUT2D eigenvalue weighted by Crippen LogP contribution is 2.21. The average Bonchev–Trinajstić information content (AvgIpc) is 2.51. The third-order valence-corrected chi connectivity index (χ3v) is 3.71. The Hall–Kier alpha value is -2.00. The summed E-state index contributed by atoms with van der Waals surface area (Å²) in [5.74, 6) is 0.479. The van der Waals surface area contributed by atoms with Crippen molar-refractivity contribution in [2.45, 2.75) is 33.3 Å². The van der Waals surface area contributed by atoms with Gasteiger partial charge in [0, 0.05) is 10.7 Å². The summed E-state index contributed by atoms with van der Waals surface area (Å²) >= 11 is 5.96. The van der Waals surface area contributed by atoms with Gasteiger partial charge in [-0.05, 0) is 55.7 Å². The highest BCUT2D eigenvalue weighted by molar-refractivity contribution is 6.31. The number of aryl methyl sites for hydroxylation is 2. The second-order valence-electron chi connectivity index (χ2n) is 5.21. The summed E-state index contributed by atoms with van der Waals surface area (Å²) in [5.41, 5.74) is 2.89. The van der Waals surface area contributed by atoms with Crippen LogP contribution in [0.15, 0.2) is 42.5 Å². The SMILES string of the molecule is CCc1ccc(O[C@@H](C)C(=O)Nc2cc(Cl)ccc2C)cc1. The molecular formula is C18H20ClNO2. The van der Waals surface area contributed by atoms with Gasteiger partial charge in [0.1, 0.15) is 5.75 Å². The number of hydrogen-bond donors (Lipinski definition) is 1. The molecular weight excluding hydrogens is 298 g/mol. The summed E-state index contributed by atoms with van der Waals surface area (Å²) in [7, 11) is 0. The first-order chi connectivity index (χ1) is 10.5. The maximum Gasteiger partial charge on any atom is 0.265 e. The molecule has 116 valence electrons. The summed E-state index contributed by atoms with van der Waals surface area (Å²) < 4.78 is 5.67. The standard InChI is InChI=1S/C18H20ClNO2/c1-4-14-6-9-16(10-7-14)22-13(3)18(21)20-17-11-15(19)8-5-12(17)2/h5-11,13H,4H2,1-3H3,(H,20,21)/t13-/m0/s1. The van der Waals surface area contributed by atoms with Gasteiger partial charge in [-0.25, -0.2) is 0 Å². The molecule has 0 aliphatic rings. The van der Waals surface area contributed by atoms with E-state index < -0.39 is 6.10 Å². The van der Waals surface area contributed by atoms with Gasteiger partial charge >= 0.3 is 0 Å². The molecule has 0 bridgehead atoms. The van der Waals surface area contributed by atoms with E-state index in [9.17, 15) is 4.79 Å². The molecule has 0 fully saturated rings. The highest BCUT2D eigenvalue weighted by atomic mass is 35.5. The molecule has 22 heavy (non-hydrogen) atoms. The van der Waals surface area contributed by atoms with Gasteiger partial charge in [0.05, 0.1) is 0 Å². The van der Waals surface area contributed by atoms with Crippen molar-refractivity contribution in [1.29, 1.82) is 0 Å². The Morgan fingerprint density at radius 3 is 2.55 bits per heavy atom. The molecule has 2 aromatic rings. The van der Waals surface area contributed by atoms with Crippen LogP contribution in [-0.4, -0.2) is 12.0 Å². The summed E-state index contributed by atoms with van der Waals surface area (Å²) in [6.45, 7) is 5.74. The molecule has 1 atom stereocenters. The zero-order chi connectivity index (χ0) is 16.1. The minimum Gasteiger partial charge on any atom is -0.481 e. The van der Waals surface area contributed by atoms with E-state index in [2.05, 4.69) is 12.2 Å². The van der Waals surface area contributed by atoms with Gasteiger partial charge in [0.2, 0.25) is 0 Å². The molecule has 0 saturated carbocycles. The lowest BCUT2D eigenvalue weighted by atomic mass is 10.2. The smallest absolute Gasteiger partial charge is 0.265 e. The number of rotatable bonds is 5. The van der Waals surface area contributed by atoms with Crippen molar-refractivity contribution in [1.82, 2.24) is 0 Å². The van der Waals surface area contributed by atoms with E-state index in [1.165, 1.54) is 5.56 Å². The molecule has 3 nitrogen and oxygen atoms in total. The van der Waals surface area contributed by atoms with E-state index in [1.807, 2.05) is 37.3 Å². The molecule has 2 aromatic carbocycles. The Balaban J connectivity index is 2.00. The Bertz CT molecular complexity index is 653. The zero-order valence-electron chi connectivity index (χ0n) is 13.0. The Labute approximate surface area is 136 Å². The zero-order valence-corrected chi connectivity index (χ0v) is 13.8. The van der Waals surface area contributed by atoms with Crippen molar-refractivity contribution < 1.29 is 9.53 Å². The van der Waals surface area contributed by atoms with Crippen molar-refractivity contribution in [2.24, 2.45) is 0 Å². The van der Waals surface area contributed by atoms with Gasteiger partial charge < -0.3 is 10.1 Å². The first-order valence-electron chi connectivity index (χ1n) is 7.32. The predicted octanol–water partition coefficient (Wildman–Crippen LogP) is 4.62. The number of carbonyl (C=O) groups excluding carboxylic acids is 1. The number of benzene rings is 2. The van der Waals surface area contributed by atoms with Crippen molar-refractivity contribution in [2.75, 3.05) is 5.32 Å². The highest BCUT2D eigenvalue weighted by Gasteiger charge is 2.15. The Morgan fingerprint density at radius 1 is 1.23 bits per heavy atom. The van der Waals surface area contributed by atoms with Crippen LogP contribution in [0, 0.1) is 6.92 Å². The third kappa shape index (κ3) is 4.25. The summed E-state index contributed by atoms with van der Waals surface area (Å²) in [6.07, 6.45) is 0.385. The lowest BCUT2D eigenvalue weighted by Gasteiger charge is -2.16. The third-order valence-electron chi connectivity index (χ3n) is 3.47. The van der Waals surface area contributed by atoms with E-state index in [-0.39, 0.29) is 5.91 Å². The molecule has 1 N–H and O–H groups in total. The lowest BCUT2D eigenvalue weighted by molar-refractivity contribution is -0.122. The monoisotopic (exact) mass is 317 g/mol. The van der Waals surface area contributed by atoms with E-state index in [0.717, 1.165) is 12.0 Å². The Morgan fingerprint density at radius 2 is 1.91 bits per heavy atom. The molecule has 0 unspecified atom stereocenters. The summed E-state index contributed by atoms with van der Waals surface area (Å²) in [4.78, 5) is 12.2. The Kier molecular flexibility index (Phi) is 5.45. The predicted molar refractivity (Wildman–Crippen MR) is 90.7 cm³/mol. The van der Waals surface area contributed by atoms with Crippen molar-refractivity contribution in [3.05, 3.63) is 58.6 Å². The minimum absolute atomic E-state index is 0.204. The quantitative estimate of drug-likeness (QED) is 0.874. The van der Waals surface area contributed by atoms with Crippen LogP contribution in [-0.2, 0) is 11.2 Å². The van der Waals surface area contributed by atoms with Gasteiger partial charge in [-0.1, -0.05) is 36.7 Å². The number of carbonyl (C=O) groups is 1. The minimum atomic E-state index is -0.592. The molecule has 0 aliphatic carbocycles. The van der Waals surface area contributed by atoms with Gasteiger partial charge in [0.25, 0.3) is 5.91 Å². The van der Waals surface area contributed by atoms with Crippen LogP contribution in [0.5, 0.6) is 5.75 Å². The number of nitrogens with one attached hydrogen (secondary N) is 1. The molecule has 0 spiro atoms. The molecule has 0 aromatic heterocycles. The molecule has 0 saturated heterocycles. The van der Waals surface area contributed by atoms with E-state index >= 15 is 0 Å². The number of hydrogen-bond acceptors (Lipinski definition) is 2. The molecule has 2 rings (SSSR count). The van der Waals surface area contributed by atoms with Crippen LogP contribution < -0.4 is 10.1 Å². The molecule has 1 amide bonds. The topological polar surface area (TPSA) is 38.3 Å². The number of amides is 1. The van der Waals surface area contributed by atoms with Crippen LogP contribution in [0.2, 0.25) is 5.02 Å². The second-order valence-corrected chi connectivity index (χ2v) is 5.64. The van der Waals surface area contributed by atoms with E-state index in [0.29, 0.717) is 16.5 Å². The number of anilines is 1. The molecule has 0 heterocycles. The largest absolute Gasteiger partial charge is 0.481 e. The van der Waals surface area contributed by atoms with Gasteiger partial charge in [-0.3, -0.25) is 4.79 Å². The maximum absolute atomic E-state index is 12.2. The van der Waals surface area contributed by atoms with Gasteiger partial charge in [-0.15, -0.1) is 0 Å². The fourth-order valence-corrected chi connectivity index (χ4v) is 2.20.